The highest BCUT2D eigenvalue weighted by atomic mass is 31.1. The van der Waals surface area contributed by atoms with Crippen LogP contribution >= 0.6 is 8.81 Å². The number of epoxide rings is 2. The van der Waals surface area contributed by atoms with E-state index in [4.69, 9.17) is 18.7 Å². The van der Waals surface area contributed by atoms with E-state index in [1.54, 1.807) is 43.5 Å². The van der Waals surface area contributed by atoms with Gasteiger partial charge in [-0.15, -0.1) is 0 Å². The molecule has 6 nitrogen and oxygen atoms in total. The van der Waals surface area contributed by atoms with Gasteiger partial charge >= 0.3 is 0 Å². The smallest absolute Gasteiger partial charge is 0.171 e. The van der Waals surface area contributed by atoms with Crippen molar-refractivity contribution in [2.75, 3.05) is 26.9 Å². The lowest BCUT2D eigenvalue weighted by Gasteiger charge is -2.22. The Balaban J connectivity index is 1.76. The highest BCUT2D eigenvalue weighted by molar-refractivity contribution is 7.34. The molecule has 7 heteroatoms. The summed E-state index contributed by atoms with van der Waals surface area (Å²) in [6.45, 7) is 1.46. The maximum Gasteiger partial charge on any atom is 0.171 e. The fourth-order valence-corrected chi connectivity index (χ4v) is 4.48. The summed E-state index contributed by atoms with van der Waals surface area (Å²) in [6.07, 6.45) is 0.140. The van der Waals surface area contributed by atoms with Gasteiger partial charge in [-0.3, -0.25) is 0 Å². The second kappa shape index (κ2) is 6.80. The Morgan fingerprint density at radius 1 is 1.08 bits per heavy atom. The van der Waals surface area contributed by atoms with Crippen molar-refractivity contribution in [1.82, 2.24) is 0 Å². The summed E-state index contributed by atoms with van der Waals surface area (Å²) in [6, 6.07) is 14.0. The number of aromatic hydroxyl groups is 2. The SMILES string of the molecule is COPC1(COCC2CO2)OC1(c1ccccc1O)c1ccccc1O. The number of hydrogen-bond acceptors (Lipinski definition) is 6. The van der Waals surface area contributed by atoms with Gasteiger partial charge in [-0.05, 0) is 12.1 Å². The molecule has 2 heterocycles. The Morgan fingerprint density at radius 3 is 2.15 bits per heavy atom. The van der Waals surface area contributed by atoms with Crippen molar-refractivity contribution >= 4 is 8.81 Å². The van der Waals surface area contributed by atoms with Crippen molar-refractivity contribution in [1.29, 1.82) is 0 Å². The monoisotopic (exact) mass is 376 g/mol. The van der Waals surface area contributed by atoms with Crippen LogP contribution in [0.4, 0.5) is 0 Å². The number of phenolic OH excluding ortho intramolecular Hbond substituents is 2. The van der Waals surface area contributed by atoms with Gasteiger partial charge in [-0.25, -0.2) is 0 Å². The maximum absolute atomic E-state index is 10.5. The number of benzene rings is 2. The molecule has 138 valence electrons. The largest absolute Gasteiger partial charge is 0.508 e. The number of rotatable bonds is 8. The van der Waals surface area contributed by atoms with Crippen LogP contribution in [-0.4, -0.2) is 48.6 Å². The Kier molecular flexibility index (Phi) is 4.63. The first-order chi connectivity index (χ1) is 12.6. The number of ether oxygens (including phenoxy) is 3. The van der Waals surface area contributed by atoms with Crippen LogP contribution < -0.4 is 0 Å². The molecular weight excluding hydrogens is 355 g/mol. The highest BCUT2D eigenvalue weighted by Crippen LogP contribution is 2.70. The topological polar surface area (TPSA) is 84.0 Å². The summed E-state index contributed by atoms with van der Waals surface area (Å²) in [5.74, 6) is 0.202. The molecule has 0 saturated carbocycles. The fourth-order valence-electron chi connectivity index (χ4n) is 3.39. The zero-order valence-electron chi connectivity index (χ0n) is 14.3. The van der Waals surface area contributed by atoms with Crippen LogP contribution in [0.2, 0.25) is 0 Å². The van der Waals surface area contributed by atoms with Crippen LogP contribution in [0, 0.1) is 0 Å². The Morgan fingerprint density at radius 2 is 1.65 bits per heavy atom. The molecule has 2 fully saturated rings. The van der Waals surface area contributed by atoms with E-state index in [-0.39, 0.29) is 33.0 Å². The molecule has 0 aromatic heterocycles. The van der Waals surface area contributed by atoms with Gasteiger partial charge in [0.15, 0.2) is 10.9 Å². The Labute approximate surface area is 153 Å². The van der Waals surface area contributed by atoms with Crippen LogP contribution in [0.15, 0.2) is 48.5 Å². The fraction of sp³-hybridized carbons (Fsp3) is 0.368. The predicted molar refractivity (Wildman–Crippen MR) is 96.7 cm³/mol. The second-order valence-electron chi connectivity index (χ2n) is 6.42. The Hall–Kier alpha value is -1.69. The molecular formula is C19H21O6P. The number of phenols is 2. The first-order valence-corrected chi connectivity index (χ1v) is 9.30. The van der Waals surface area contributed by atoms with E-state index in [0.29, 0.717) is 24.3 Å². The normalized spacial score (nSPS) is 26.3. The lowest BCUT2D eigenvalue weighted by molar-refractivity contribution is 0.0907. The summed E-state index contributed by atoms with van der Waals surface area (Å²) < 4.78 is 22.7. The van der Waals surface area contributed by atoms with Gasteiger partial charge < -0.3 is 28.9 Å². The molecule has 3 atom stereocenters. The molecule has 26 heavy (non-hydrogen) atoms. The van der Waals surface area contributed by atoms with Gasteiger partial charge in [0.2, 0.25) is 0 Å². The first-order valence-electron chi connectivity index (χ1n) is 8.39. The van der Waals surface area contributed by atoms with Crippen LogP contribution in [-0.2, 0) is 24.3 Å². The lowest BCUT2D eigenvalue weighted by atomic mass is 9.86. The van der Waals surface area contributed by atoms with Crippen molar-refractivity contribution in [3.63, 3.8) is 0 Å². The van der Waals surface area contributed by atoms with Gasteiger partial charge in [0, 0.05) is 18.2 Å². The zero-order valence-corrected chi connectivity index (χ0v) is 15.3. The number of hydrogen-bond donors (Lipinski definition) is 2. The maximum atomic E-state index is 10.5. The summed E-state index contributed by atoms with van der Waals surface area (Å²) in [5.41, 5.74) is 0.123. The summed E-state index contributed by atoms with van der Waals surface area (Å²) in [4.78, 5) is 0. The van der Waals surface area contributed by atoms with Crippen molar-refractivity contribution in [2.24, 2.45) is 0 Å². The van der Waals surface area contributed by atoms with E-state index in [9.17, 15) is 10.2 Å². The van der Waals surface area contributed by atoms with Crippen LogP contribution in [0.25, 0.3) is 0 Å². The van der Waals surface area contributed by atoms with E-state index in [1.807, 2.05) is 12.1 Å². The summed E-state index contributed by atoms with van der Waals surface area (Å²) in [5, 5.41) is 20.2. The van der Waals surface area contributed by atoms with Gasteiger partial charge in [-0.1, -0.05) is 36.4 Å². The van der Waals surface area contributed by atoms with E-state index < -0.39 is 10.9 Å². The molecule has 3 unspecified atom stereocenters. The molecule has 2 aliphatic heterocycles. The third kappa shape index (κ3) is 2.88. The van der Waals surface area contributed by atoms with Gasteiger partial charge in [0.25, 0.3) is 0 Å². The van der Waals surface area contributed by atoms with Crippen molar-refractivity contribution in [3.8, 4) is 11.5 Å². The average Bonchev–Trinajstić information content (AvgIpc) is 3.54. The highest BCUT2D eigenvalue weighted by Gasteiger charge is 2.74. The standard InChI is InChI=1S/C19H21O6P/c1-22-26-18(12-23-10-13-11-24-13)19(25-18,14-6-2-4-8-16(14)20)15-7-3-5-9-17(15)21/h2-9,13,20-21,26H,10-12H2,1H3. The van der Waals surface area contributed by atoms with E-state index >= 15 is 0 Å². The van der Waals surface area contributed by atoms with Gasteiger partial charge in [0.05, 0.1) is 28.6 Å². The van der Waals surface area contributed by atoms with E-state index in [1.165, 1.54) is 0 Å². The summed E-state index contributed by atoms with van der Waals surface area (Å²) in [7, 11) is 1.56. The molecule has 0 spiro atoms. The Bertz CT molecular complexity index is 748. The minimum Gasteiger partial charge on any atom is -0.508 e. The molecule has 0 aliphatic carbocycles. The molecule has 0 amide bonds. The third-order valence-electron chi connectivity index (χ3n) is 4.70. The average molecular weight is 376 g/mol. The van der Waals surface area contributed by atoms with E-state index in [0.717, 1.165) is 0 Å². The minimum absolute atomic E-state index is 0.0386. The van der Waals surface area contributed by atoms with Crippen molar-refractivity contribution in [2.45, 2.75) is 17.0 Å². The predicted octanol–water partition coefficient (Wildman–Crippen LogP) is 2.72. The molecule has 2 aliphatic rings. The van der Waals surface area contributed by atoms with Gasteiger partial charge in [0.1, 0.15) is 17.6 Å². The summed E-state index contributed by atoms with van der Waals surface area (Å²) >= 11 is 0. The van der Waals surface area contributed by atoms with Crippen LogP contribution in [0.3, 0.4) is 0 Å². The lowest BCUT2D eigenvalue weighted by Crippen LogP contribution is -2.27. The number of para-hydroxylation sites is 2. The molecule has 2 N–H and O–H groups in total. The molecule has 0 bridgehead atoms. The van der Waals surface area contributed by atoms with Crippen molar-refractivity contribution in [3.05, 3.63) is 59.7 Å². The van der Waals surface area contributed by atoms with Crippen molar-refractivity contribution < 1.29 is 28.9 Å². The quantitative estimate of drug-likeness (QED) is 0.544. The third-order valence-corrected chi connectivity index (χ3v) is 5.83. The second-order valence-corrected chi connectivity index (χ2v) is 7.84. The molecule has 2 aromatic carbocycles. The van der Waals surface area contributed by atoms with Crippen LogP contribution in [0.5, 0.6) is 11.5 Å². The van der Waals surface area contributed by atoms with Gasteiger partial charge in [-0.2, -0.15) is 0 Å². The molecule has 4 rings (SSSR count). The molecule has 2 saturated heterocycles. The van der Waals surface area contributed by atoms with Crippen LogP contribution in [0.1, 0.15) is 11.1 Å². The zero-order chi connectivity index (χ0) is 18.2. The van der Waals surface area contributed by atoms with E-state index in [2.05, 4.69) is 0 Å². The molecule has 2 aromatic rings. The molecule has 0 radical (unpaired) electrons. The minimum atomic E-state index is -1.04. The first kappa shape index (κ1) is 17.7.